The van der Waals surface area contributed by atoms with Gasteiger partial charge in [-0.1, -0.05) is 29.8 Å². The topological polar surface area (TPSA) is 37.9 Å². The molecule has 0 aliphatic heterocycles. The first-order valence-corrected chi connectivity index (χ1v) is 6.76. The number of nitrogens with zero attached hydrogens (tertiary/aromatic N) is 1. The van der Waals surface area contributed by atoms with Crippen molar-refractivity contribution in [3.63, 3.8) is 0 Å². The zero-order valence-electron chi connectivity index (χ0n) is 11.1. The summed E-state index contributed by atoms with van der Waals surface area (Å²) in [5.41, 5.74) is 2.47. The van der Waals surface area contributed by atoms with Gasteiger partial charge in [-0.3, -0.25) is 0 Å². The summed E-state index contributed by atoms with van der Waals surface area (Å²) in [5, 5.41) is -0.0917. The number of alkyl halides is 3. The molecule has 3 rings (SSSR count). The molecular formula is C15H10ClF3N2O. The van der Waals surface area contributed by atoms with Gasteiger partial charge in [-0.2, -0.15) is 0 Å². The Balaban J connectivity index is 1.82. The second-order valence-electron chi connectivity index (χ2n) is 4.69. The van der Waals surface area contributed by atoms with Crippen LogP contribution in [0.4, 0.5) is 13.2 Å². The van der Waals surface area contributed by atoms with Crippen molar-refractivity contribution in [1.29, 1.82) is 0 Å². The fraction of sp³-hybridized carbons (Fsp3) is 0.133. The Morgan fingerprint density at radius 1 is 1.14 bits per heavy atom. The average Bonchev–Trinajstić information content (AvgIpc) is 2.82. The van der Waals surface area contributed by atoms with Crippen molar-refractivity contribution in [2.45, 2.75) is 12.8 Å². The Hall–Kier alpha value is -2.21. The van der Waals surface area contributed by atoms with Crippen LogP contribution in [0.5, 0.6) is 5.75 Å². The molecule has 0 amide bonds. The molecule has 0 aliphatic rings. The van der Waals surface area contributed by atoms with Crippen LogP contribution in [0, 0.1) is 0 Å². The smallest absolute Gasteiger partial charge is 0.404 e. The van der Waals surface area contributed by atoms with Gasteiger partial charge in [0.1, 0.15) is 11.6 Å². The van der Waals surface area contributed by atoms with Gasteiger partial charge in [-0.25, -0.2) is 4.98 Å². The minimum atomic E-state index is -4.76. The number of para-hydroxylation sites is 2. The lowest BCUT2D eigenvalue weighted by atomic mass is 10.1. The SMILES string of the molecule is FC(F)(F)Oc1ccc(Cc2nc3ccccc3[nH]2)cc1Cl. The van der Waals surface area contributed by atoms with E-state index in [0.29, 0.717) is 12.2 Å². The maximum atomic E-state index is 12.2. The molecule has 0 atom stereocenters. The summed E-state index contributed by atoms with van der Waals surface area (Å²) in [6.45, 7) is 0. The fourth-order valence-electron chi connectivity index (χ4n) is 2.14. The molecule has 1 aromatic heterocycles. The number of benzene rings is 2. The number of H-pyrrole nitrogens is 1. The molecule has 0 unspecified atom stereocenters. The van der Waals surface area contributed by atoms with E-state index in [-0.39, 0.29) is 5.02 Å². The molecule has 0 radical (unpaired) electrons. The van der Waals surface area contributed by atoms with Crippen molar-refractivity contribution in [1.82, 2.24) is 9.97 Å². The highest BCUT2D eigenvalue weighted by Gasteiger charge is 2.32. The molecule has 7 heteroatoms. The van der Waals surface area contributed by atoms with Crippen molar-refractivity contribution in [3.8, 4) is 5.75 Å². The molecular weight excluding hydrogens is 317 g/mol. The number of rotatable bonds is 3. The summed E-state index contributed by atoms with van der Waals surface area (Å²) in [7, 11) is 0. The number of hydrogen-bond donors (Lipinski definition) is 1. The van der Waals surface area contributed by atoms with Crippen molar-refractivity contribution >= 4 is 22.6 Å². The van der Waals surface area contributed by atoms with E-state index in [1.165, 1.54) is 18.2 Å². The maximum absolute atomic E-state index is 12.2. The van der Waals surface area contributed by atoms with E-state index in [0.717, 1.165) is 16.6 Å². The summed E-state index contributed by atoms with van der Waals surface area (Å²) < 4.78 is 40.4. The van der Waals surface area contributed by atoms with Gasteiger partial charge < -0.3 is 9.72 Å². The molecule has 3 nitrogen and oxygen atoms in total. The Morgan fingerprint density at radius 3 is 2.59 bits per heavy atom. The molecule has 114 valence electrons. The first-order chi connectivity index (χ1) is 10.4. The zero-order chi connectivity index (χ0) is 15.7. The Bertz CT molecular complexity index is 781. The first kappa shape index (κ1) is 14.7. The van der Waals surface area contributed by atoms with Crippen LogP contribution < -0.4 is 4.74 Å². The van der Waals surface area contributed by atoms with Crippen LogP contribution in [0.25, 0.3) is 11.0 Å². The van der Waals surface area contributed by atoms with Crippen LogP contribution in [0.1, 0.15) is 11.4 Å². The lowest BCUT2D eigenvalue weighted by Gasteiger charge is -2.11. The third-order valence-electron chi connectivity index (χ3n) is 3.03. The van der Waals surface area contributed by atoms with Gasteiger partial charge in [0.25, 0.3) is 0 Å². The van der Waals surface area contributed by atoms with Gasteiger partial charge >= 0.3 is 6.36 Å². The van der Waals surface area contributed by atoms with Gasteiger partial charge in [0, 0.05) is 6.42 Å². The summed E-state index contributed by atoms with van der Waals surface area (Å²) in [5.74, 6) is 0.296. The minimum absolute atomic E-state index is 0.0917. The number of aromatic nitrogens is 2. The van der Waals surface area contributed by atoms with E-state index in [1.807, 2.05) is 24.3 Å². The van der Waals surface area contributed by atoms with Gasteiger partial charge in [0.15, 0.2) is 0 Å². The van der Waals surface area contributed by atoms with E-state index < -0.39 is 12.1 Å². The lowest BCUT2D eigenvalue weighted by molar-refractivity contribution is -0.274. The van der Waals surface area contributed by atoms with Gasteiger partial charge in [0.05, 0.1) is 16.1 Å². The highest BCUT2D eigenvalue weighted by atomic mass is 35.5. The van der Waals surface area contributed by atoms with E-state index in [9.17, 15) is 13.2 Å². The van der Waals surface area contributed by atoms with E-state index in [1.54, 1.807) is 0 Å². The second-order valence-corrected chi connectivity index (χ2v) is 5.10. The summed E-state index contributed by atoms with van der Waals surface area (Å²) in [6.07, 6.45) is -4.33. The van der Waals surface area contributed by atoms with Crippen LogP contribution >= 0.6 is 11.6 Å². The molecule has 3 aromatic rings. The minimum Gasteiger partial charge on any atom is -0.404 e. The predicted molar refractivity (Wildman–Crippen MR) is 77.0 cm³/mol. The van der Waals surface area contributed by atoms with Crippen molar-refractivity contribution in [3.05, 3.63) is 58.9 Å². The fourth-order valence-corrected chi connectivity index (χ4v) is 2.39. The molecule has 0 aliphatic carbocycles. The third kappa shape index (κ3) is 3.33. The molecule has 0 saturated carbocycles. The highest BCUT2D eigenvalue weighted by Crippen LogP contribution is 2.31. The van der Waals surface area contributed by atoms with Crippen molar-refractivity contribution in [2.24, 2.45) is 0 Å². The van der Waals surface area contributed by atoms with E-state index >= 15 is 0 Å². The standard InChI is InChI=1S/C15H10ClF3N2O/c16-10-7-9(5-6-13(10)22-15(17,18)19)8-14-20-11-3-1-2-4-12(11)21-14/h1-7H,8H2,(H,20,21). The summed E-state index contributed by atoms with van der Waals surface area (Å²) in [4.78, 5) is 7.56. The van der Waals surface area contributed by atoms with Crippen LogP contribution in [0.15, 0.2) is 42.5 Å². The molecule has 22 heavy (non-hydrogen) atoms. The molecule has 0 saturated heterocycles. The van der Waals surface area contributed by atoms with E-state index in [4.69, 9.17) is 11.6 Å². The maximum Gasteiger partial charge on any atom is 0.573 e. The number of imidazole rings is 1. The number of ether oxygens (including phenoxy) is 1. The normalized spacial score (nSPS) is 11.8. The zero-order valence-corrected chi connectivity index (χ0v) is 11.9. The van der Waals surface area contributed by atoms with Crippen molar-refractivity contribution in [2.75, 3.05) is 0 Å². The third-order valence-corrected chi connectivity index (χ3v) is 3.33. The van der Waals surface area contributed by atoms with Gasteiger partial charge in [-0.05, 0) is 29.8 Å². The van der Waals surface area contributed by atoms with Crippen molar-refractivity contribution < 1.29 is 17.9 Å². The Morgan fingerprint density at radius 2 is 1.91 bits per heavy atom. The number of halogens is 4. The van der Waals surface area contributed by atoms with Gasteiger partial charge in [0.2, 0.25) is 0 Å². The second kappa shape index (κ2) is 5.53. The number of hydrogen-bond acceptors (Lipinski definition) is 2. The van der Waals surface area contributed by atoms with E-state index in [2.05, 4.69) is 14.7 Å². The number of aromatic amines is 1. The van der Waals surface area contributed by atoms with Crippen LogP contribution in [0.3, 0.4) is 0 Å². The quantitative estimate of drug-likeness (QED) is 0.757. The Labute approximate surface area is 128 Å². The first-order valence-electron chi connectivity index (χ1n) is 6.38. The highest BCUT2D eigenvalue weighted by molar-refractivity contribution is 6.32. The predicted octanol–water partition coefficient (Wildman–Crippen LogP) is 4.71. The molecule has 2 aromatic carbocycles. The molecule has 0 fully saturated rings. The summed E-state index contributed by atoms with van der Waals surface area (Å²) in [6, 6.07) is 11.7. The van der Waals surface area contributed by atoms with Gasteiger partial charge in [-0.15, -0.1) is 13.2 Å². The monoisotopic (exact) mass is 326 g/mol. The molecule has 0 spiro atoms. The molecule has 1 N–H and O–H groups in total. The average molecular weight is 327 g/mol. The van der Waals surface area contributed by atoms with Crippen LogP contribution in [-0.4, -0.2) is 16.3 Å². The largest absolute Gasteiger partial charge is 0.573 e. The molecule has 1 heterocycles. The lowest BCUT2D eigenvalue weighted by Crippen LogP contribution is -2.17. The van der Waals surface area contributed by atoms with Crippen LogP contribution in [0.2, 0.25) is 5.02 Å². The number of fused-ring (bicyclic) bond motifs is 1. The van der Waals surface area contributed by atoms with Crippen LogP contribution in [-0.2, 0) is 6.42 Å². The number of nitrogens with one attached hydrogen (secondary N) is 1. The molecule has 0 bridgehead atoms. The summed E-state index contributed by atoms with van der Waals surface area (Å²) >= 11 is 5.82. The Kier molecular flexibility index (Phi) is 3.70.